The fourth-order valence-corrected chi connectivity index (χ4v) is 3.54. The number of carbonyl (C=O) groups is 1. The highest BCUT2D eigenvalue weighted by atomic mass is 16.5. The molecule has 2 aromatic rings. The molecule has 0 saturated heterocycles. The van der Waals surface area contributed by atoms with E-state index in [1.54, 1.807) is 18.5 Å². The van der Waals surface area contributed by atoms with Crippen molar-refractivity contribution in [2.75, 3.05) is 6.61 Å². The van der Waals surface area contributed by atoms with Crippen molar-refractivity contribution >= 4 is 5.97 Å². The maximum Gasteiger partial charge on any atom is 0.338 e. The molecule has 1 aliphatic rings. The molecule has 1 aromatic carbocycles. The fraction of sp³-hybridized carbons (Fsp3) is 0.286. The van der Waals surface area contributed by atoms with Gasteiger partial charge in [-0.05, 0) is 39.8 Å². The van der Waals surface area contributed by atoms with Crippen molar-refractivity contribution < 1.29 is 14.3 Å². The molecule has 0 spiro atoms. The third-order valence-corrected chi connectivity index (χ3v) is 4.74. The Morgan fingerprint density at radius 3 is 2.61 bits per heavy atom. The van der Waals surface area contributed by atoms with Gasteiger partial charge in [-0.1, -0.05) is 18.2 Å². The third kappa shape index (κ3) is 3.14. The highest BCUT2D eigenvalue weighted by Gasteiger charge is 2.39. The Bertz CT molecular complexity index is 1030. The molecule has 1 atom stereocenters. The number of nitriles is 1. The van der Waals surface area contributed by atoms with Gasteiger partial charge in [0.15, 0.2) is 0 Å². The summed E-state index contributed by atoms with van der Waals surface area (Å²) < 4.78 is 12.5. The number of hydrogen-bond acceptors (Lipinski definition) is 6. The molecular formula is C21H22N4O3. The van der Waals surface area contributed by atoms with Gasteiger partial charge in [-0.3, -0.25) is 0 Å². The zero-order valence-corrected chi connectivity index (χ0v) is 16.3. The topological polar surface area (TPSA) is 103 Å². The van der Waals surface area contributed by atoms with Crippen LogP contribution in [0.2, 0.25) is 0 Å². The second-order valence-corrected chi connectivity index (χ2v) is 6.45. The molecule has 1 aromatic heterocycles. The largest absolute Gasteiger partial charge is 0.463 e. The summed E-state index contributed by atoms with van der Waals surface area (Å²) in [5.74, 6) is -0.915. The summed E-state index contributed by atoms with van der Waals surface area (Å²) in [6, 6.07) is 11.8. The first-order chi connectivity index (χ1) is 13.4. The lowest BCUT2D eigenvalue weighted by Crippen LogP contribution is -2.26. The number of esters is 1. The summed E-state index contributed by atoms with van der Waals surface area (Å²) in [5, 5.41) is 14.4. The number of rotatable bonds is 4. The zero-order valence-electron chi connectivity index (χ0n) is 16.3. The van der Waals surface area contributed by atoms with Gasteiger partial charge < -0.3 is 15.2 Å². The summed E-state index contributed by atoms with van der Waals surface area (Å²) in [6.07, 6.45) is 0. The molecule has 28 heavy (non-hydrogen) atoms. The summed E-state index contributed by atoms with van der Waals surface area (Å²) in [7, 11) is 0. The van der Waals surface area contributed by atoms with Gasteiger partial charge in [0.05, 0.1) is 29.5 Å². The Hall–Kier alpha value is -3.53. The number of aromatic nitrogens is 2. The van der Waals surface area contributed by atoms with E-state index in [1.807, 2.05) is 44.2 Å². The Morgan fingerprint density at radius 2 is 2.00 bits per heavy atom. The Kier molecular flexibility index (Phi) is 5.23. The smallest absolute Gasteiger partial charge is 0.338 e. The quantitative estimate of drug-likeness (QED) is 0.820. The van der Waals surface area contributed by atoms with E-state index in [0.29, 0.717) is 11.5 Å². The Morgan fingerprint density at radius 1 is 1.32 bits per heavy atom. The van der Waals surface area contributed by atoms with E-state index in [-0.39, 0.29) is 23.6 Å². The third-order valence-electron chi connectivity index (χ3n) is 4.74. The molecule has 3 rings (SSSR count). The van der Waals surface area contributed by atoms with Gasteiger partial charge in [0.25, 0.3) is 0 Å². The predicted octanol–water partition coefficient (Wildman–Crippen LogP) is 3.13. The maximum atomic E-state index is 12.7. The van der Waals surface area contributed by atoms with Crippen LogP contribution >= 0.6 is 0 Å². The lowest BCUT2D eigenvalue weighted by molar-refractivity contribution is -0.139. The fourth-order valence-electron chi connectivity index (χ4n) is 3.54. The van der Waals surface area contributed by atoms with E-state index in [9.17, 15) is 10.1 Å². The van der Waals surface area contributed by atoms with E-state index in [2.05, 4.69) is 11.2 Å². The lowest BCUT2D eigenvalue weighted by Gasteiger charge is -2.27. The average molecular weight is 378 g/mol. The SMILES string of the molecule is CCOC(=O)C1=C(C)OC(N)=C(C#N)[C@H]1c1c(C)nn(-c2ccccc2)c1C. The first-order valence-corrected chi connectivity index (χ1v) is 8.97. The highest BCUT2D eigenvalue weighted by molar-refractivity contribution is 5.92. The number of nitrogens with zero attached hydrogens (tertiary/aromatic N) is 3. The molecule has 7 heteroatoms. The minimum absolute atomic E-state index is 0.00990. The van der Waals surface area contributed by atoms with E-state index < -0.39 is 11.9 Å². The van der Waals surface area contributed by atoms with Gasteiger partial charge in [-0.25, -0.2) is 9.48 Å². The van der Waals surface area contributed by atoms with E-state index in [0.717, 1.165) is 16.9 Å². The van der Waals surface area contributed by atoms with Crippen molar-refractivity contribution in [1.82, 2.24) is 9.78 Å². The molecule has 2 heterocycles. The second-order valence-electron chi connectivity index (χ2n) is 6.45. The molecule has 0 aliphatic carbocycles. The van der Waals surface area contributed by atoms with Gasteiger partial charge in [0.2, 0.25) is 5.88 Å². The molecule has 0 bridgehead atoms. The number of aryl methyl sites for hydroxylation is 1. The van der Waals surface area contributed by atoms with Gasteiger partial charge >= 0.3 is 5.97 Å². The van der Waals surface area contributed by atoms with Crippen molar-refractivity contribution in [3.8, 4) is 11.8 Å². The number of carbonyl (C=O) groups excluding carboxylic acids is 1. The molecule has 1 aliphatic heterocycles. The van der Waals surface area contributed by atoms with Crippen LogP contribution in [0.3, 0.4) is 0 Å². The maximum absolute atomic E-state index is 12.7. The monoisotopic (exact) mass is 378 g/mol. The highest BCUT2D eigenvalue weighted by Crippen LogP contribution is 2.42. The number of ether oxygens (including phenoxy) is 2. The molecule has 0 saturated carbocycles. The van der Waals surface area contributed by atoms with Crippen LogP contribution < -0.4 is 5.73 Å². The van der Waals surface area contributed by atoms with E-state index >= 15 is 0 Å². The number of nitrogens with two attached hydrogens (primary N) is 1. The normalized spacial score (nSPS) is 16.6. The molecule has 0 amide bonds. The molecule has 144 valence electrons. The molecule has 0 unspecified atom stereocenters. The summed E-state index contributed by atoms with van der Waals surface area (Å²) >= 11 is 0. The number of para-hydroxylation sites is 1. The standard InChI is InChI=1S/C21H22N4O3/c1-5-27-21(26)18-14(4)28-20(23)16(11-22)19(18)17-12(2)24-25(13(17)3)15-9-7-6-8-10-15/h6-10,19H,5,23H2,1-4H3/t19-/m0/s1. The van der Waals surface area contributed by atoms with Gasteiger partial charge in [0.1, 0.15) is 17.4 Å². The van der Waals surface area contributed by atoms with Crippen LogP contribution in [0.5, 0.6) is 0 Å². The summed E-state index contributed by atoms with van der Waals surface area (Å²) in [4.78, 5) is 12.7. The van der Waals surface area contributed by atoms with E-state index in [4.69, 9.17) is 15.2 Å². The molecule has 0 radical (unpaired) electrons. The van der Waals surface area contributed by atoms with Crippen LogP contribution in [0.15, 0.2) is 53.1 Å². The van der Waals surface area contributed by atoms with Crippen LogP contribution in [0, 0.1) is 25.2 Å². The molecule has 7 nitrogen and oxygen atoms in total. The van der Waals surface area contributed by atoms with Gasteiger partial charge in [0, 0.05) is 11.3 Å². The number of allylic oxidation sites excluding steroid dienone is 2. The number of hydrogen-bond donors (Lipinski definition) is 1. The van der Waals surface area contributed by atoms with E-state index in [1.165, 1.54) is 0 Å². The van der Waals surface area contributed by atoms with Crippen molar-refractivity contribution in [3.05, 3.63) is 70.1 Å². The van der Waals surface area contributed by atoms with Crippen molar-refractivity contribution in [2.24, 2.45) is 5.73 Å². The van der Waals surface area contributed by atoms with Crippen LogP contribution in [0.25, 0.3) is 5.69 Å². The minimum atomic E-state index is -0.699. The summed E-state index contributed by atoms with van der Waals surface area (Å²) in [5.41, 5.74) is 9.56. The Balaban J connectivity index is 2.24. The molecular weight excluding hydrogens is 356 g/mol. The van der Waals surface area contributed by atoms with Gasteiger partial charge in [-0.15, -0.1) is 0 Å². The lowest BCUT2D eigenvalue weighted by atomic mass is 9.82. The van der Waals surface area contributed by atoms with Crippen LogP contribution in [0.1, 0.15) is 36.7 Å². The van der Waals surface area contributed by atoms with Crippen molar-refractivity contribution in [1.29, 1.82) is 5.26 Å². The molecule has 0 fully saturated rings. The Labute approximate surface area is 163 Å². The first kappa shape index (κ1) is 19.2. The van der Waals surface area contributed by atoms with Crippen LogP contribution in [0.4, 0.5) is 0 Å². The zero-order chi connectivity index (χ0) is 20.4. The minimum Gasteiger partial charge on any atom is -0.463 e. The van der Waals surface area contributed by atoms with Crippen molar-refractivity contribution in [3.63, 3.8) is 0 Å². The first-order valence-electron chi connectivity index (χ1n) is 8.97. The van der Waals surface area contributed by atoms with Crippen molar-refractivity contribution in [2.45, 2.75) is 33.6 Å². The molecule has 2 N–H and O–H groups in total. The summed E-state index contributed by atoms with van der Waals surface area (Å²) in [6.45, 7) is 7.34. The predicted molar refractivity (Wildman–Crippen MR) is 103 cm³/mol. The number of benzene rings is 1. The average Bonchev–Trinajstić information content (AvgIpc) is 2.96. The van der Waals surface area contributed by atoms with Crippen LogP contribution in [-0.4, -0.2) is 22.4 Å². The second kappa shape index (κ2) is 7.61. The van der Waals surface area contributed by atoms with Gasteiger partial charge in [-0.2, -0.15) is 10.4 Å². The van der Waals surface area contributed by atoms with Crippen LogP contribution in [-0.2, 0) is 14.3 Å².